The zero-order chi connectivity index (χ0) is 21.3. The lowest BCUT2D eigenvalue weighted by atomic mass is 10.1. The van der Waals surface area contributed by atoms with E-state index in [0.29, 0.717) is 35.2 Å². The summed E-state index contributed by atoms with van der Waals surface area (Å²) in [6, 6.07) is 7.77. The summed E-state index contributed by atoms with van der Waals surface area (Å²) in [5.74, 6) is 0.815. The Kier molecular flexibility index (Phi) is 5.40. The average molecular weight is 413 g/mol. The van der Waals surface area contributed by atoms with E-state index in [2.05, 4.69) is 20.1 Å². The van der Waals surface area contributed by atoms with Crippen molar-refractivity contribution in [1.29, 1.82) is 0 Å². The molecule has 0 fully saturated rings. The molecule has 2 N–H and O–H groups in total. The maximum Gasteiger partial charge on any atom is 0.251 e. The van der Waals surface area contributed by atoms with Crippen LogP contribution in [0.4, 0.5) is 14.7 Å². The Labute approximate surface area is 171 Å². The first-order valence-electron chi connectivity index (χ1n) is 9.38. The van der Waals surface area contributed by atoms with Gasteiger partial charge < -0.3 is 10.2 Å². The zero-order valence-corrected chi connectivity index (χ0v) is 16.6. The van der Waals surface area contributed by atoms with Crippen LogP contribution in [0.15, 0.2) is 41.1 Å². The van der Waals surface area contributed by atoms with E-state index in [4.69, 9.17) is 10.2 Å². The van der Waals surface area contributed by atoms with Crippen molar-refractivity contribution >= 4 is 11.6 Å². The quantitative estimate of drug-likeness (QED) is 0.497. The van der Waals surface area contributed by atoms with Crippen LogP contribution in [0.2, 0.25) is 0 Å². The van der Waals surface area contributed by atoms with Gasteiger partial charge in [0.25, 0.3) is 6.43 Å². The molecule has 0 spiro atoms. The molecule has 4 rings (SSSR count). The van der Waals surface area contributed by atoms with E-state index >= 15 is 0 Å². The Balaban J connectivity index is 1.64. The number of hydrogen-bond acceptors (Lipinski definition) is 7. The largest absolute Gasteiger partial charge is 0.443 e. The maximum atomic E-state index is 13.2. The number of aromatic nitrogens is 5. The van der Waals surface area contributed by atoms with Crippen LogP contribution in [-0.2, 0) is 13.1 Å². The molecule has 3 aromatic heterocycles. The molecule has 0 saturated carbocycles. The summed E-state index contributed by atoms with van der Waals surface area (Å²) in [5, 5.41) is 4.38. The molecule has 1 aromatic carbocycles. The SMILES string of the molecule is Cc1ccc(CN(Cc2nc3c(C)c(-c4ncco4)nc(N)n3n2)CC(F)F)cc1. The highest BCUT2D eigenvalue weighted by atomic mass is 19.3. The van der Waals surface area contributed by atoms with Crippen LogP contribution in [0.25, 0.3) is 17.2 Å². The Morgan fingerprint density at radius 3 is 2.57 bits per heavy atom. The van der Waals surface area contributed by atoms with Crippen LogP contribution >= 0.6 is 0 Å². The van der Waals surface area contributed by atoms with E-state index in [1.54, 1.807) is 4.90 Å². The van der Waals surface area contributed by atoms with Gasteiger partial charge in [0.15, 0.2) is 11.5 Å². The first-order chi connectivity index (χ1) is 14.4. The van der Waals surface area contributed by atoms with Gasteiger partial charge >= 0.3 is 0 Å². The second kappa shape index (κ2) is 8.15. The monoisotopic (exact) mass is 413 g/mol. The van der Waals surface area contributed by atoms with Crippen LogP contribution in [0, 0.1) is 13.8 Å². The lowest BCUT2D eigenvalue weighted by molar-refractivity contribution is 0.0797. The third-order valence-electron chi connectivity index (χ3n) is 4.71. The van der Waals surface area contributed by atoms with Gasteiger partial charge in [0.05, 0.1) is 19.3 Å². The van der Waals surface area contributed by atoms with Crippen LogP contribution in [0.1, 0.15) is 22.5 Å². The molecule has 0 aliphatic rings. The number of fused-ring (bicyclic) bond motifs is 1. The van der Waals surface area contributed by atoms with Crippen molar-refractivity contribution in [2.24, 2.45) is 0 Å². The van der Waals surface area contributed by atoms with Gasteiger partial charge in [-0.2, -0.15) is 4.52 Å². The molecule has 0 aliphatic heterocycles. The van der Waals surface area contributed by atoms with Gasteiger partial charge in [0.2, 0.25) is 11.8 Å². The number of nitrogen functional groups attached to an aromatic ring is 1. The number of nitrogens with two attached hydrogens (primary N) is 1. The maximum absolute atomic E-state index is 13.2. The fraction of sp³-hybridized carbons (Fsp3) is 0.300. The van der Waals surface area contributed by atoms with Crippen LogP contribution in [0.5, 0.6) is 0 Å². The summed E-state index contributed by atoms with van der Waals surface area (Å²) < 4.78 is 33.0. The number of halogens is 2. The van der Waals surface area contributed by atoms with Crippen LogP contribution in [-0.4, -0.2) is 42.4 Å². The minimum Gasteiger partial charge on any atom is -0.443 e. The highest BCUT2D eigenvalue weighted by molar-refractivity contribution is 5.65. The Bertz CT molecular complexity index is 1140. The fourth-order valence-corrected chi connectivity index (χ4v) is 3.26. The number of anilines is 1. The minimum absolute atomic E-state index is 0.112. The first-order valence-corrected chi connectivity index (χ1v) is 9.38. The van der Waals surface area contributed by atoms with Crippen LogP contribution < -0.4 is 5.73 Å². The standard InChI is InChI=1S/C20H21F2N7O/c1-12-3-5-14(6-4-12)9-28(10-15(21)22)11-16-25-18-13(2)17(19-24-7-8-30-19)26-20(23)29(18)27-16/h3-8,15H,9-11H2,1-2H3,(H2,23,26). The lowest BCUT2D eigenvalue weighted by Gasteiger charge is -2.20. The van der Waals surface area contributed by atoms with E-state index in [0.717, 1.165) is 11.1 Å². The van der Waals surface area contributed by atoms with Gasteiger partial charge in [-0.1, -0.05) is 29.8 Å². The number of benzene rings is 1. The third-order valence-corrected chi connectivity index (χ3v) is 4.71. The van der Waals surface area contributed by atoms with E-state index in [1.165, 1.54) is 17.0 Å². The number of hydrogen-bond donors (Lipinski definition) is 1. The van der Waals surface area contributed by atoms with Gasteiger partial charge in [-0.05, 0) is 19.4 Å². The highest BCUT2D eigenvalue weighted by Crippen LogP contribution is 2.24. The van der Waals surface area contributed by atoms with Crippen molar-refractivity contribution in [3.05, 3.63) is 59.2 Å². The molecule has 0 amide bonds. The molecule has 0 atom stereocenters. The minimum atomic E-state index is -2.47. The number of aryl methyl sites for hydroxylation is 2. The van der Waals surface area contributed by atoms with E-state index < -0.39 is 13.0 Å². The molecule has 3 heterocycles. The molecule has 30 heavy (non-hydrogen) atoms. The molecule has 0 radical (unpaired) electrons. The lowest BCUT2D eigenvalue weighted by Crippen LogP contribution is -2.28. The van der Waals surface area contributed by atoms with E-state index in [-0.39, 0.29) is 12.5 Å². The smallest absolute Gasteiger partial charge is 0.251 e. The molecule has 4 aromatic rings. The Morgan fingerprint density at radius 2 is 1.90 bits per heavy atom. The fourth-order valence-electron chi connectivity index (χ4n) is 3.26. The molecule has 10 heteroatoms. The molecule has 156 valence electrons. The van der Waals surface area contributed by atoms with Crippen molar-refractivity contribution in [3.63, 3.8) is 0 Å². The second-order valence-corrected chi connectivity index (χ2v) is 7.09. The molecule has 8 nitrogen and oxygen atoms in total. The topological polar surface area (TPSA) is 98.4 Å². The number of nitrogens with zero attached hydrogens (tertiary/aromatic N) is 6. The van der Waals surface area contributed by atoms with Gasteiger partial charge in [-0.3, -0.25) is 4.90 Å². The average Bonchev–Trinajstić information content (AvgIpc) is 3.36. The van der Waals surface area contributed by atoms with Crippen molar-refractivity contribution in [3.8, 4) is 11.6 Å². The molecule has 0 bridgehead atoms. The normalized spacial score (nSPS) is 11.8. The predicted molar refractivity (Wildman–Crippen MR) is 107 cm³/mol. The van der Waals surface area contributed by atoms with Crippen LogP contribution in [0.3, 0.4) is 0 Å². The van der Waals surface area contributed by atoms with Crippen molar-refractivity contribution in [2.45, 2.75) is 33.4 Å². The van der Waals surface area contributed by atoms with Gasteiger partial charge in [-0.25, -0.2) is 23.7 Å². The highest BCUT2D eigenvalue weighted by Gasteiger charge is 2.20. The Morgan fingerprint density at radius 1 is 1.13 bits per heavy atom. The zero-order valence-electron chi connectivity index (χ0n) is 16.6. The summed E-state index contributed by atoms with van der Waals surface area (Å²) in [7, 11) is 0. The third kappa shape index (κ3) is 4.13. The van der Waals surface area contributed by atoms with Gasteiger partial charge in [0, 0.05) is 12.1 Å². The summed E-state index contributed by atoms with van der Waals surface area (Å²) >= 11 is 0. The summed E-state index contributed by atoms with van der Waals surface area (Å²) in [4.78, 5) is 14.5. The number of oxazole rings is 1. The summed E-state index contributed by atoms with van der Waals surface area (Å²) in [6.45, 7) is 3.90. The number of alkyl halides is 2. The van der Waals surface area contributed by atoms with Gasteiger partial charge in [0.1, 0.15) is 12.0 Å². The molecular formula is C20H21F2N7O. The van der Waals surface area contributed by atoms with Crippen molar-refractivity contribution < 1.29 is 13.2 Å². The predicted octanol–water partition coefficient (Wildman–Crippen LogP) is 3.25. The Hall–Kier alpha value is -3.40. The summed E-state index contributed by atoms with van der Waals surface area (Å²) in [5.41, 5.74) is 9.73. The summed E-state index contributed by atoms with van der Waals surface area (Å²) in [6.07, 6.45) is 0.483. The molecule has 0 saturated heterocycles. The first kappa shape index (κ1) is 19.9. The molecule has 0 aliphatic carbocycles. The van der Waals surface area contributed by atoms with Crippen molar-refractivity contribution in [1.82, 2.24) is 29.5 Å². The van der Waals surface area contributed by atoms with Crippen molar-refractivity contribution in [2.75, 3.05) is 12.3 Å². The van der Waals surface area contributed by atoms with Gasteiger partial charge in [-0.15, -0.1) is 5.10 Å². The van der Waals surface area contributed by atoms with E-state index in [9.17, 15) is 8.78 Å². The van der Waals surface area contributed by atoms with E-state index in [1.807, 2.05) is 38.1 Å². The second-order valence-electron chi connectivity index (χ2n) is 7.09. The number of rotatable bonds is 7. The molecule has 0 unspecified atom stereocenters. The molecular weight excluding hydrogens is 392 g/mol.